The van der Waals surface area contributed by atoms with E-state index in [-0.39, 0.29) is 12.4 Å². The van der Waals surface area contributed by atoms with Gasteiger partial charge in [0.1, 0.15) is 0 Å². The summed E-state index contributed by atoms with van der Waals surface area (Å²) in [6.45, 7) is 2.10. The highest BCUT2D eigenvalue weighted by molar-refractivity contribution is 5.85. The Morgan fingerprint density at radius 2 is 1.95 bits per heavy atom. The number of halogens is 1. The molecule has 0 amide bonds. The van der Waals surface area contributed by atoms with E-state index in [1.54, 1.807) is 0 Å². The fourth-order valence-electron chi connectivity index (χ4n) is 1.75. The number of hydrogen-bond acceptors (Lipinski definition) is 4. The maximum absolute atomic E-state index is 5.24. The Hall–Kier alpha value is -1.39. The van der Waals surface area contributed by atoms with E-state index in [0.29, 0.717) is 6.04 Å². The zero-order valence-electron chi connectivity index (χ0n) is 11.3. The van der Waals surface area contributed by atoms with Crippen molar-refractivity contribution in [2.75, 3.05) is 7.05 Å². The molecule has 1 heterocycles. The van der Waals surface area contributed by atoms with Crippen LogP contribution in [0.3, 0.4) is 0 Å². The second kappa shape index (κ2) is 7.92. The van der Waals surface area contributed by atoms with Gasteiger partial charge in [-0.1, -0.05) is 35.5 Å². The van der Waals surface area contributed by atoms with Crippen LogP contribution in [0, 0.1) is 0 Å². The molecule has 5 heteroatoms. The summed E-state index contributed by atoms with van der Waals surface area (Å²) in [7, 11) is 1.93. The molecule has 1 atom stereocenters. The Bertz CT molecular complexity index is 473. The van der Waals surface area contributed by atoms with Crippen molar-refractivity contribution in [1.29, 1.82) is 0 Å². The molecule has 0 spiro atoms. The Morgan fingerprint density at radius 1 is 1.21 bits per heavy atom. The van der Waals surface area contributed by atoms with Gasteiger partial charge >= 0.3 is 0 Å². The van der Waals surface area contributed by atoms with Crippen molar-refractivity contribution in [2.45, 2.75) is 32.2 Å². The topological polar surface area (TPSA) is 51.0 Å². The molecule has 1 aromatic heterocycles. The van der Waals surface area contributed by atoms with Crippen LogP contribution in [0.5, 0.6) is 0 Å². The summed E-state index contributed by atoms with van der Waals surface area (Å²) in [5.41, 5.74) is 1.29. The van der Waals surface area contributed by atoms with Crippen LogP contribution >= 0.6 is 12.4 Å². The molecule has 1 N–H and O–H groups in total. The monoisotopic (exact) mass is 281 g/mol. The first kappa shape index (κ1) is 15.7. The summed E-state index contributed by atoms with van der Waals surface area (Å²) in [5, 5.41) is 7.15. The number of hydrogen-bond donors (Lipinski definition) is 1. The normalized spacial score (nSPS) is 11.9. The van der Waals surface area contributed by atoms with Crippen LogP contribution in [0.4, 0.5) is 0 Å². The number of aromatic nitrogens is 2. The van der Waals surface area contributed by atoms with Gasteiger partial charge in [-0.3, -0.25) is 0 Å². The predicted molar refractivity (Wildman–Crippen MR) is 77.6 cm³/mol. The second-order valence-corrected chi connectivity index (χ2v) is 4.48. The van der Waals surface area contributed by atoms with E-state index in [1.807, 2.05) is 25.2 Å². The van der Waals surface area contributed by atoms with Crippen LogP contribution in [0.25, 0.3) is 0 Å². The lowest BCUT2D eigenvalue weighted by Gasteiger charge is -2.04. The van der Waals surface area contributed by atoms with Gasteiger partial charge in [0.15, 0.2) is 5.82 Å². The average Bonchev–Trinajstić information content (AvgIpc) is 2.85. The fourth-order valence-corrected chi connectivity index (χ4v) is 1.75. The molecule has 104 valence electrons. The van der Waals surface area contributed by atoms with Crippen molar-refractivity contribution < 1.29 is 4.52 Å². The van der Waals surface area contributed by atoms with E-state index in [4.69, 9.17) is 4.52 Å². The molecular formula is C14H20ClN3O. The molecule has 19 heavy (non-hydrogen) atoms. The number of benzene rings is 1. The number of rotatable bonds is 6. The number of nitrogens with zero attached hydrogens (tertiary/aromatic N) is 2. The van der Waals surface area contributed by atoms with Crippen molar-refractivity contribution in [3.63, 3.8) is 0 Å². The van der Waals surface area contributed by atoms with Gasteiger partial charge in [-0.05, 0) is 26.0 Å². The Balaban J connectivity index is 0.00000180. The summed E-state index contributed by atoms with van der Waals surface area (Å²) < 4.78 is 5.24. The summed E-state index contributed by atoms with van der Waals surface area (Å²) in [5.74, 6) is 1.50. The van der Waals surface area contributed by atoms with Crippen LogP contribution in [-0.4, -0.2) is 23.2 Å². The van der Waals surface area contributed by atoms with Gasteiger partial charge < -0.3 is 9.84 Å². The Morgan fingerprint density at radius 3 is 2.63 bits per heavy atom. The number of nitrogens with one attached hydrogen (secondary N) is 1. The first-order valence-electron chi connectivity index (χ1n) is 6.30. The molecule has 0 aliphatic heterocycles. The quantitative estimate of drug-likeness (QED) is 0.883. The van der Waals surface area contributed by atoms with Crippen molar-refractivity contribution >= 4 is 12.4 Å². The maximum Gasteiger partial charge on any atom is 0.226 e. The van der Waals surface area contributed by atoms with E-state index in [1.165, 1.54) is 5.56 Å². The molecule has 0 aliphatic carbocycles. The zero-order chi connectivity index (χ0) is 12.8. The van der Waals surface area contributed by atoms with Gasteiger partial charge in [0.2, 0.25) is 5.89 Å². The third-order valence-corrected chi connectivity index (χ3v) is 2.96. The molecule has 1 aromatic carbocycles. The van der Waals surface area contributed by atoms with E-state index >= 15 is 0 Å². The highest BCUT2D eigenvalue weighted by atomic mass is 35.5. The standard InChI is InChI=1S/C14H19N3O.ClH/c1-11(15-2)10-13-16-14(18-17-13)9-8-12-6-4-3-5-7-12;/h3-7,11,15H,8-10H2,1-2H3;1H. The van der Waals surface area contributed by atoms with Crippen LogP contribution in [-0.2, 0) is 19.3 Å². The van der Waals surface area contributed by atoms with Gasteiger partial charge in [-0.15, -0.1) is 12.4 Å². The predicted octanol–water partition coefficient (Wildman–Crippen LogP) is 2.43. The third-order valence-electron chi connectivity index (χ3n) is 2.96. The minimum absolute atomic E-state index is 0. The molecule has 2 rings (SSSR count). The van der Waals surface area contributed by atoms with Crippen molar-refractivity contribution in [3.05, 3.63) is 47.6 Å². The SMILES string of the molecule is CNC(C)Cc1noc(CCc2ccccc2)n1.Cl. The van der Waals surface area contributed by atoms with E-state index in [9.17, 15) is 0 Å². The average molecular weight is 282 g/mol. The van der Waals surface area contributed by atoms with Crippen LogP contribution in [0.15, 0.2) is 34.9 Å². The van der Waals surface area contributed by atoms with Crippen LogP contribution < -0.4 is 5.32 Å². The van der Waals surface area contributed by atoms with Crippen LogP contribution in [0.2, 0.25) is 0 Å². The van der Waals surface area contributed by atoms with Gasteiger partial charge in [-0.2, -0.15) is 4.98 Å². The largest absolute Gasteiger partial charge is 0.339 e. The highest BCUT2D eigenvalue weighted by Crippen LogP contribution is 2.06. The summed E-state index contributed by atoms with van der Waals surface area (Å²) >= 11 is 0. The second-order valence-electron chi connectivity index (χ2n) is 4.48. The Labute approximate surface area is 120 Å². The van der Waals surface area contributed by atoms with Crippen molar-refractivity contribution in [1.82, 2.24) is 15.5 Å². The molecule has 2 aromatic rings. The molecule has 0 saturated carbocycles. The lowest BCUT2D eigenvalue weighted by Crippen LogP contribution is -2.24. The van der Waals surface area contributed by atoms with E-state index < -0.39 is 0 Å². The van der Waals surface area contributed by atoms with E-state index in [0.717, 1.165) is 31.0 Å². The molecule has 0 fully saturated rings. The zero-order valence-corrected chi connectivity index (χ0v) is 12.1. The minimum atomic E-state index is 0. The van der Waals surface area contributed by atoms with Crippen LogP contribution in [0.1, 0.15) is 24.2 Å². The maximum atomic E-state index is 5.24. The lowest BCUT2D eigenvalue weighted by molar-refractivity contribution is 0.371. The van der Waals surface area contributed by atoms with Gasteiger partial charge in [-0.25, -0.2) is 0 Å². The van der Waals surface area contributed by atoms with Crippen molar-refractivity contribution in [2.24, 2.45) is 0 Å². The lowest BCUT2D eigenvalue weighted by atomic mass is 10.1. The molecular weight excluding hydrogens is 262 g/mol. The molecule has 0 aliphatic rings. The summed E-state index contributed by atoms with van der Waals surface area (Å²) in [4.78, 5) is 4.40. The summed E-state index contributed by atoms with van der Waals surface area (Å²) in [6.07, 6.45) is 2.53. The molecule has 0 bridgehead atoms. The minimum Gasteiger partial charge on any atom is -0.339 e. The highest BCUT2D eigenvalue weighted by Gasteiger charge is 2.09. The molecule has 1 unspecified atom stereocenters. The fraction of sp³-hybridized carbons (Fsp3) is 0.429. The van der Waals surface area contributed by atoms with Gasteiger partial charge in [0, 0.05) is 18.9 Å². The third kappa shape index (κ3) is 5.01. The first-order valence-corrected chi connectivity index (χ1v) is 6.30. The van der Waals surface area contributed by atoms with Crippen molar-refractivity contribution in [3.8, 4) is 0 Å². The molecule has 0 saturated heterocycles. The molecule has 0 radical (unpaired) electrons. The number of aryl methyl sites for hydroxylation is 2. The summed E-state index contributed by atoms with van der Waals surface area (Å²) in [6, 6.07) is 10.7. The van der Waals surface area contributed by atoms with Gasteiger partial charge in [0.25, 0.3) is 0 Å². The molecule has 4 nitrogen and oxygen atoms in total. The smallest absolute Gasteiger partial charge is 0.226 e. The number of likely N-dealkylation sites (N-methyl/N-ethyl adjacent to an activating group) is 1. The van der Waals surface area contributed by atoms with Gasteiger partial charge in [0.05, 0.1) is 0 Å². The Kier molecular flexibility index (Phi) is 6.53. The van der Waals surface area contributed by atoms with E-state index in [2.05, 4.69) is 34.5 Å². The first-order chi connectivity index (χ1) is 8.78.